The van der Waals surface area contributed by atoms with E-state index < -0.39 is 10.1 Å². The number of benzene rings is 4. The Morgan fingerprint density at radius 2 is 1.44 bits per heavy atom. The molecule has 0 radical (unpaired) electrons. The summed E-state index contributed by atoms with van der Waals surface area (Å²) in [6.07, 6.45) is 0. The molecule has 0 atom stereocenters. The van der Waals surface area contributed by atoms with Crippen molar-refractivity contribution in [1.82, 2.24) is 15.0 Å². The van der Waals surface area contributed by atoms with Gasteiger partial charge < -0.3 is 14.8 Å². The van der Waals surface area contributed by atoms with Crippen molar-refractivity contribution >= 4 is 54.5 Å². The van der Waals surface area contributed by atoms with Gasteiger partial charge >= 0.3 is 0 Å². The Morgan fingerprint density at radius 1 is 0.822 bits per heavy atom. The number of amides is 1. The Bertz CT molecular complexity index is 2090. The summed E-state index contributed by atoms with van der Waals surface area (Å²) in [7, 11) is -2.75. The number of hydrogen-bond donors (Lipinski definition) is 2. The number of carbonyl (C=O) groups excluding carboxylic acids is 1. The van der Waals surface area contributed by atoms with Crippen LogP contribution in [0.3, 0.4) is 0 Å². The van der Waals surface area contributed by atoms with Gasteiger partial charge in [0.25, 0.3) is 10.1 Å². The molecule has 2 heterocycles. The maximum absolute atomic E-state index is 12.9. The number of aromatic nitrogens is 3. The molecule has 0 aliphatic rings. The molecule has 10 nitrogen and oxygen atoms in total. The molecule has 0 aliphatic carbocycles. The minimum Gasteiger partial charge on any atom is -0.497 e. The van der Waals surface area contributed by atoms with E-state index in [0.29, 0.717) is 37.6 Å². The molecule has 1 amide bonds. The summed E-state index contributed by atoms with van der Waals surface area (Å²) >= 11 is 2.27. The molecule has 45 heavy (non-hydrogen) atoms. The van der Waals surface area contributed by atoms with Crippen LogP contribution in [0.5, 0.6) is 17.2 Å². The number of fused-ring (bicyclic) bond motifs is 1. The summed E-state index contributed by atoms with van der Waals surface area (Å²) < 4.78 is 44.0. The second-order valence-electron chi connectivity index (χ2n) is 9.55. The van der Waals surface area contributed by atoms with Crippen LogP contribution in [0.1, 0.15) is 0 Å². The van der Waals surface area contributed by atoms with Gasteiger partial charge in [0.2, 0.25) is 5.91 Å². The Morgan fingerprint density at radius 3 is 2.07 bits per heavy atom. The average molecular weight is 657 g/mol. The first kappa shape index (κ1) is 30.2. The van der Waals surface area contributed by atoms with E-state index >= 15 is 0 Å². The normalized spacial score (nSPS) is 11.3. The zero-order chi connectivity index (χ0) is 31.4. The molecule has 6 rings (SSSR count). The number of carbonyl (C=O) groups is 1. The van der Waals surface area contributed by atoms with E-state index in [0.717, 1.165) is 34.0 Å². The smallest absolute Gasteiger partial charge is 0.294 e. The maximum Gasteiger partial charge on any atom is 0.294 e. The number of methoxy groups -OCH3 is 1. The first-order chi connectivity index (χ1) is 21.7. The van der Waals surface area contributed by atoms with Crippen LogP contribution in [0, 0.1) is 0 Å². The van der Waals surface area contributed by atoms with Crippen molar-refractivity contribution in [1.29, 1.82) is 0 Å². The number of hydrogen-bond acceptors (Lipinski definition) is 10. The van der Waals surface area contributed by atoms with Crippen LogP contribution in [0.15, 0.2) is 113 Å². The summed E-state index contributed by atoms with van der Waals surface area (Å²) in [5.41, 5.74) is 3.55. The number of nitrogens with one attached hydrogen (secondary N) is 1. The SMILES string of the molecule is COc1ccc(-c2cc(-c3ccc(Oc4ccccc4)cc3)nc(SCC(=O)Nc3nc4ccc(S(=O)(=O)O)cc4s3)n2)cc1. The third kappa shape index (κ3) is 7.46. The van der Waals surface area contributed by atoms with Crippen LogP contribution in [-0.2, 0) is 14.9 Å². The fourth-order valence-corrected chi connectivity index (χ4v) is 6.43. The number of thioether (sulfide) groups is 1. The molecule has 0 fully saturated rings. The minimum absolute atomic E-state index is 0.00154. The molecular formula is C32H24N4O6S3. The molecule has 6 aromatic rings. The molecule has 0 aliphatic heterocycles. The lowest BCUT2D eigenvalue weighted by atomic mass is 10.1. The number of anilines is 1. The van der Waals surface area contributed by atoms with Gasteiger partial charge in [-0.15, -0.1) is 0 Å². The van der Waals surface area contributed by atoms with Gasteiger partial charge in [0, 0.05) is 11.1 Å². The van der Waals surface area contributed by atoms with E-state index in [1.807, 2.05) is 84.9 Å². The fourth-order valence-electron chi connectivity index (χ4n) is 4.27. The summed E-state index contributed by atoms with van der Waals surface area (Å²) in [6.45, 7) is 0. The van der Waals surface area contributed by atoms with Crippen molar-refractivity contribution in [3.63, 3.8) is 0 Å². The lowest BCUT2D eigenvalue weighted by Crippen LogP contribution is -2.14. The highest BCUT2D eigenvalue weighted by Crippen LogP contribution is 2.31. The van der Waals surface area contributed by atoms with E-state index in [9.17, 15) is 17.8 Å². The topological polar surface area (TPSA) is 141 Å². The average Bonchev–Trinajstić information content (AvgIpc) is 3.46. The Balaban J connectivity index is 1.22. The predicted octanol–water partition coefficient (Wildman–Crippen LogP) is 7.20. The van der Waals surface area contributed by atoms with E-state index in [-0.39, 0.29) is 16.6 Å². The van der Waals surface area contributed by atoms with Crippen molar-refractivity contribution in [2.24, 2.45) is 0 Å². The Hall–Kier alpha value is -4.82. The largest absolute Gasteiger partial charge is 0.497 e. The number of para-hydroxylation sites is 1. The van der Waals surface area contributed by atoms with Crippen molar-refractivity contribution in [3.8, 4) is 39.8 Å². The third-order valence-electron chi connectivity index (χ3n) is 6.46. The quantitative estimate of drug-likeness (QED) is 0.0884. The van der Waals surface area contributed by atoms with Crippen LogP contribution in [0.2, 0.25) is 0 Å². The lowest BCUT2D eigenvalue weighted by Gasteiger charge is -2.10. The third-order valence-corrected chi connectivity index (χ3v) is 9.09. The highest BCUT2D eigenvalue weighted by Gasteiger charge is 2.15. The molecular weight excluding hydrogens is 633 g/mol. The van der Waals surface area contributed by atoms with Gasteiger partial charge in [0.05, 0.1) is 39.4 Å². The highest BCUT2D eigenvalue weighted by atomic mass is 32.2. The van der Waals surface area contributed by atoms with E-state index in [1.165, 1.54) is 30.0 Å². The van der Waals surface area contributed by atoms with E-state index in [4.69, 9.17) is 19.4 Å². The van der Waals surface area contributed by atoms with Crippen LogP contribution in [-0.4, -0.2) is 46.7 Å². The van der Waals surface area contributed by atoms with Gasteiger partial charge in [0.1, 0.15) is 17.2 Å². The van der Waals surface area contributed by atoms with Crippen LogP contribution in [0.25, 0.3) is 32.7 Å². The van der Waals surface area contributed by atoms with Gasteiger partial charge in [-0.2, -0.15) is 8.42 Å². The summed E-state index contributed by atoms with van der Waals surface area (Å²) in [6, 6.07) is 30.5. The van der Waals surface area contributed by atoms with Gasteiger partial charge in [0.15, 0.2) is 10.3 Å². The number of ether oxygens (including phenoxy) is 2. The molecule has 0 saturated heterocycles. The zero-order valence-corrected chi connectivity index (χ0v) is 26.0. The monoisotopic (exact) mass is 656 g/mol. The number of rotatable bonds is 10. The van der Waals surface area contributed by atoms with Crippen LogP contribution in [0.4, 0.5) is 5.13 Å². The predicted molar refractivity (Wildman–Crippen MR) is 175 cm³/mol. The summed E-state index contributed by atoms with van der Waals surface area (Å²) in [5, 5.41) is 3.45. The Labute approximate surface area is 266 Å². The van der Waals surface area contributed by atoms with Gasteiger partial charge in [-0.25, -0.2) is 15.0 Å². The number of thiazole rings is 1. The summed E-state index contributed by atoms with van der Waals surface area (Å²) in [4.78, 5) is 26.4. The standard InChI is InChI=1S/C32H24N4O6S3/c1-41-22-11-7-20(8-12-22)27-18-28(21-9-13-24(14-10-21)42-23-5-3-2-4-6-23)35-31(34-27)43-19-30(37)36-32-33-26-16-15-25(45(38,39)40)17-29(26)44-32/h2-18H,19H2,1H3,(H,33,36,37)(H,38,39,40). The van der Waals surface area contributed by atoms with Gasteiger partial charge in [-0.1, -0.05) is 41.3 Å². The first-order valence-corrected chi connectivity index (χ1v) is 16.7. The first-order valence-electron chi connectivity index (χ1n) is 13.4. The van der Waals surface area contributed by atoms with Crippen LogP contribution >= 0.6 is 23.1 Å². The van der Waals surface area contributed by atoms with E-state index in [2.05, 4.69) is 10.3 Å². The Kier molecular flexibility index (Phi) is 8.76. The van der Waals surface area contributed by atoms with Crippen molar-refractivity contribution in [2.45, 2.75) is 10.1 Å². The molecule has 0 spiro atoms. The number of nitrogens with zero attached hydrogens (tertiary/aromatic N) is 3. The van der Waals surface area contributed by atoms with Crippen LogP contribution < -0.4 is 14.8 Å². The maximum atomic E-state index is 12.9. The zero-order valence-electron chi connectivity index (χ0n) is 23.6. The van der Waals surface area contributed by atoms with Crippen molar-refractivity contribution in [2.75, 3.05) is 18.2 Å². The van der Waals surface area contributed by atoms with Gasteiger partial charge in [-0.3, -0.25) is 9.35 Å². The summed E-state index contributed by atoms with van der Waals surface area (Å²) in [5.74, 6) is 1.81. The molecule has 0 bridgehead atoms. The lowest BCUT2D eigenvalue weighted by molar-refractivity contribution is -0.113. The molecule has 226 valence electrons. The van der Waals surface area contributed by atoms with E-state index in [1.54, 1.807) is 7.11 Å². The molecule has 13 heteroatoms. The van der Waals surface area contributed by atoms with Crippen molar-refractivity contribution in [3.05, 3.63) is 103 Å². The second-order valence-corrected chi connectivity index (χ2v) is 12.9. The second kappa shape index (κ2) is 13.0. The molecule has 0 unspecified atom stereocenters. The highest BCUT2D eigenvalue weighted by molar-refractivity contribution is 7.99. The fraction of sp³-hybridized carbons (Fsp3) is 0.0625. The molecule has 4 aromatic carbocycles. The van der Waals surface area contributed by atoms with Crippen molar-refractivity contribution < 1.29 is 27.2 Å². The molecule has 2 aromatic heterocycles. The van der Waals surface area contributed by atoms with Gasteiger partial charge in [-0.05, 0) is 84.9 Å². The molecule has 0 saturated carbocycles. The minimum atomic E-state index is -4.35. The molecule has 2 N–H and O–H groups in total.